The van der Waals surface area contributed by atoms with Crippen LogP contribution in [0.5, 0.6) is 0 Å². The number of hydrogen-bond donors (Lipinski definition) is 1. The number of nitrogens with zero attached hydrogens (tertiary/aromatic N) is 3. The van der Waals surface area contributed by atoms with Gasteiger partial charge in [-0.15, -0.1) is 0 Å². The zero-order valence-electron chi connectivity index (χ0n) is 15.5. The highest BCUT2D eigenvalue weighted by Crippen LogP contribution is 2.32. The van der Waals surface area contributed by atoms with Gasteiger partial charge in [-0.1, -0.05) is 19.8 Å². The van der Waals surface area contributed by atoms with E-state index in [0.29, 0.717) is 5.92 Å². The minimum atomic E-state index is -4.83. The molecular weight excluding hydrogens is 397 g/mol. The lowest BCUT2D eigenvalue weighted by atomic mass is 9.86. The van der Waals surface area contributed by atoms with Gasteiger partial charge < -0.3 is 10.2 Å². The monoisotopic (exact) mass is 420 g/mol. The smallest absolute Gasteiger partial charge is 0.351 e. The van der Waals surface area contributed by atoms with Gasteiger partial charge in [-0.25, -0.2) is 18.4 Å². The van der Waals surface area contributed by atoms with Gasteiger partial charge in [0.2, 0.25) is 5.95 Å². The zero-order chi connectivity index (χ0) is 20.5. The van der Waals surface area contributed by atoms with E-state index in [-0.39, 0.29) is 36.6 Å². The molecule has 0 bridgehead atoms. The van der Waals surface area contributed by atoms with Gasteiger partial charge in [0.05, 0.1) is 17.1 Å². The first-order chi connectivity index (χ1) is 13.1. The summed E-state index contributed by atoms with van der Waals surface area (Å²) < 4.78 is 63.6. The van der Waals surface area contributed by atoms with E-state index in [1.807, 2.05) is 6.92 Å². The lowest BCUT2D eigenvalue weighted by molar-refractivity contribution is -0.141. The number of nitrogens with one attached hydrogen (secondary N) is 1. The minimum Gasteiger partial charge on any atom is -0.351 e. The first-order valence-corrected chi connectivity index (χ1v) is 11.1. The number of amides is 1. The van der Waals surface area contributed by atoms with Crippen molar-refractivity contribution < 1.29 is 26.4 Å². The maximum Gasteiger partial charge on any atom is 0.434 e. The van der Waals surface area contributed by atoms with E-state index in [4.69, 9.17) is 0 Å². The number of sulfone groups is 1. The minimum absolute atomic E-state index is 0.0105. The van der Waals surface area contributed by atoms with Gasteiger partial charge in [0.25, 0.3) is 5.91 Å². The van der Waals surface area contributed by atoms with E-state index in [0.717, 1.165) is 36.8 Å². The van der Waals surface area contributed by atoms with Crippen LogP contribution in [0.3, 0.4) is 0 Å². The summed E-state index contributed by atoms with van der Waals surface area (Å²) >= 11 is 0. The number of carbonyl (C=O) groups excluding carboxylic acids is 1. The van der Waals surface area contributed by atoms with E-state index >= 15 is 0 Å². The van der Waals surface area contributed by atoms with Gasteiger partial charge in [0.15, 0.2) is 15.5 Å². The first-order valence-electron chi connectivity index (χ1n) is 9.27. The van der Waals surface area contributed by atoms with Gasteiger partial charge in [-0.3, -0.25) is 4.79 Å². The Labute approximate surface area is 161 Å². The summed E-state index contributed by atoms with van der Waals surface area (Å²) in [6.07, 6.45) is -0.0515. The Kier molecular flexibility index (Phi) is 5.83. The third-order valence-corrected chi connectivity index (χ3v) is 6.95. The van der Waals surface area contributed by atoms with Gasteiger partial charge in [-0.2, -0.15) is 13.2 Å². The number of carbonyl (C=O) groups is 1. The van der Waals surface area contributed by atoms with Gasteiger partial charge in [0.1, 0.15) is 0 Å². The van der Waals surface area contributed by atoms with Crippen LogP contribution in [0, 0.1) is 5.92 Å². The summed E-state index contributed by atoms with van der Waals surface area (Å²) in [4.78, 5) is 21.2. The molecule has 2 aliphatic rings. The molecule has 1 aliphatic heterocycles. The average Bonchev–Trinajstić information content (AvgIpc) is 2.62. The fourth-order valence-corrected chi connectivity index (χ4v) is 4.81. The normalized spacial score (nSPS) is 25.4. The van der Waals surface area contributed by atoms with Crippen molar-refractivity contribution in [3.63, 3.8) is 0 Å². The summed E-state index contributed by atoms with van der Waals surface area (Å²) in [5.41, 5.74) is -1.96. The van der Waals surface area contributed by atoms with Crippen LogP contribution >= 0.6 is 0 Å². The molecular formula is C17H23F3N4O3S. The third-order valence-electron chi connectivity index (χ3n) is 5.35. The SMILES string of the molecule is C[C@H]1CCCC[C@H]1Nc1ncc(C(=O)N2CCS(=O)(=O)CC2)c(C(F)(F)F)n1. The molecule has 3 rings (SSSR count). The highest BCUT2D eigenvalue weighted by molar-refractivity contribution is 7.91. The van der Waals surface area contributed by atoms with Crippen LogP contribution in [0.1, 0.15) is 48.7 Å². The molecule has 1 N–H and O–H groups in total. The Morgan fingerprint density at radius 1 is 1.21 bits per heavy atom. The van der Waals surface area contributed by atoms with Crippen LogP contribution in [0.4, 0.5) is 19.1 Å². The van der Waals surface area contributed by atoms with Crippen LogP contribution in [0.2, 0.25) is 0 Å². The quantitative estimate of drug-likeness (QED) is 0.807. The van der Waals surface area contributed by atoms with Crippen molar-refractivity contribution in [2.45, 2.75) is 44.8 Å². The molecule has 1 aromatic rings. The van der Waals surface area contributed by atoms with E-state index in [1.165, 1.54) is 0 Å². The van der Waals surface area contributed by atoms with Crippen LogP contribution in [0.25, 0.3) is 0 Å². The van der Waals surface area contributed by atoms with E-state index in [1.54, 1.807) is 0 Å². The molecule has 1 saturated carbocycles. The highest BCUT2D eigenvalue weighted by Gasteiger charge is 2.40. The maximum atomic E-state index is 13.5. The standard InChI is InChI=1S/C17H23F3N4O3S/c1-11-4-2-3-5-13(11)22-16-21-10-12(14(23-16)17(18,19)20)15(25)24-6-8-28(26,27)9-7-24/h10-11,13H,2-9H2,1H3,(H,21,22,23)/t11-,13+/m0/s1. The van der Waals surface area contributed by atoms with Gasteiger partial charge in [-0.05, 0) is 18.8 Å². The predicted octanol–water partition coefficient (Wildman–Crippen LogP) is 2.36. The molecule has 2 fully saturated rings. The molecule has 0 spiro atoms. The first kappa shape index (κ1) is 20.8. The van der Waals surface area contributed by atoms with Crippen molar-refractivity contribution in [3.8, 4) is 0 Å². The van der Waals surface area contributed by atoms with Crippen molar-refractivity contribution in [2.24, 2.45) is 5.92 Å². The summed E-state index contributed by atoms with van der Waals surface area (Å²) in [7, 11) is -3.26. The second-order valence-electron chi connectivity index (χ2n) is 7.41. The molecule has 156 valence electrons. The van der Waals surface area contributed by atoms with E-state index in [2.05, 4.69) is 15.3 Å². The molecule has 2 heterocycles. The van der Waals surface area contributed by atoms with E-state index < -0.39 is 33.2 Å². The summed E-state index contributed by atoms with van der Waals surface area (Å²) in [5, 5.41) is 2.97. The molecule has 28 heavy (non-hydrogen) atoms. The third kappa shape index (κ3) is 4.73. The highest BCUT2D eigenvalue weighted by atomic mass is 32.2. The van der Waals surface area contributed by atoms with Crippen LogP contribution in [0.15, 0.2) is 6.20 Å². The molecule has 1 aliphatic carbocycles. The summed E-state index contributed by atoms with van der Waals surface area (Å²) in [6, 6.07) is -0.0105. The molecule has 0 radical (unpaired) electrons. The second kappa shape index (κ2) is 7.84. The molecule has 7 nitrogen and oxygen atoms in total. The maximum absolute atomic E-state index is 13.5. The Balaban J connectivity index is 1.84. The zero-order valence-corrected chi connectivity index (χ0v) is 16.3. The number of alkyl halides is 3. The number of hydrogen-bond acceptors (Lipinski definition) is 6. The Morgan fingerprint density at radius 2 is 1.86 bits per heavy atom. The second-order valence-corrected chi connectivity index (χ2v) is 9.71. The molecule has 11 heteroatoms. The van der Waals surface area contributed by atoms with Gasteiger partial charge >= 0.3 is 6.18 Å². The van der Waals surface area contributed by atoms with Gasteiger partial charge in [0, 0.05) is 25.3 Å². The number of halogens is 3. The van der Waals surface area contributed by atoms with Crippen LogP contribution < -0.4 is 5.32 Å². The molecule has 2 atom stereocenters. The predicted molar refractivity (Wildman–Crippen MR) is 96.6 cm³/mol. The van der Waals surface area contributed by atoms with E-state index in [9.17, 15) is 26.4 Å². The summed E-state index contributed by atoms with van der Waals surface area (Å²) in [6.45, 7) is 1.75. The Hall–Kier alpha value is -1.91. The van der Waals surface area contributed by atoms with Crippen molar-refractivity contribution >= 4 is 21.7 Å². The molecule has 1 aromatic heterocycles. The number of rotatable bonds is 3. The molecule has 1 amide bonds. The molecule has 0 aromatic carbocycles. The fraction of sp³-hybridized carbons (Fsp3) is 0.706. The fourth-order valence-electron chi connectivity index (χ4n) is 3.61. The van der Waals surface area contributed by atoms with Crippen LogP contribution in [-0.4, -0.2) is 59.8 Å². The lowest BCUT2D eigenvalue weighted by Crippen LogP contribution is -2.44. The van der Waals surface area contributed by atoms with Crippen molar-refractivity contribution in [2.75, 3.05) is 29.9 Å². The lowest BCUT2D eigenvalue weighted by Gasteiger charge is -2.30. The summed E-state index contributed by atoms with van der Waals surface area (Å²) in [5.74, 6) is -1.28. The largest absolute Gasteiger partial charge is 0.434 e. The van der Waals surface area contributed by atoms with Crippen molar-refractivity contribution in [1.29, 1.82) is 0 Å². The number of aromatic nitrogens is 2. The van der Waals surface area contributed by atoms with Crippen LogP contribution in [-0.2, 0) is 16.0 Å². The Morgan fingerprint density at radius 3 is 2.46 bits per heavy atom. The topological polar surface area (TPSA) is 92.3 Å². The average molecular weight is 420 g/mol. The van der Waals surface area contributed by atoms with Crippen molar-refractivity contribution in [3.05, 3.63) is 17.5 Å². The molecule has 1 saturated heterocycles. The molecule has 0 unspecified atom stereocenters. The number of anilines is 1. The Bertz CT molecular complexity index is 831. The van der Waals surface area contributed by atoms with Crippen molar-refractivity contribution in [1.82, 2.24) is 14.9 Å².